The second-order valence-corrected chi connectivity index (χ2v) is 6.33. The number of ether oxygens (including phenoxy) is 1. The summed E-state index contributed by atoms with van der Waals surface area (Å²) in [4.78, 5) is 0. The highest BCUT2D eigenvalue weighted by Gasteiger charge is 2.07. The van der Waals surface area contributed by atoms with Crippen molar-refractivity contribution in [3.8, 4) is 5.75 Å². The maximum Gasteiger partial charge on any atom is 0.171 e. The molecule has 0 unspecified atom stereocenters. The first kappa shape index (κ1) is 17.3. The lowest BCUT2D eigenvalue weighted by molar-refractivity contribution is 0.242. The third kappa shape index (κ3) is 5.57. The number of rotatable bonds is 5. The van der Waals surface area contributed by atoms with Gasteiger partial charge in [0, 0.05) is 5.69 Å². The molecule has 4 heteroatoms. The van der Waals surface area contributed by atoms with E-state index in [9.17, 15) is 0 Å². The van der Waals surface area contributed by atoms with Crippen LogP contribution in [0.5, 0.6) is 5.75 Å². The van der Waals surface area contributed by atoms with Crippen molar-refractivity contribution in [1.29, 1.82) is 0 Å². The monoisotopic (exact) mass is 328 g/mol. The van der Waals surface area contributed by atoms with Crippen LogP contribution in [0.4, 0.5) is 5.69 Å². The number of benzene rings is 2. The van der Waals surface area contributed by atoms with Gasteiger partial charge in [-0.25, -0.2) is 0 Å². The van der Waals surface area contributed by atoms with Crippen LogP contribution in [0.1, 0.15) is 37.9 Å². The lowest BCUT2D eigenvalue weighted by Gasteiger charge is -2.18. The summed E-state index contributed by atoms with van der Waals surface area (Å²) in [7, 11) is 0. The number of anilines is 1. The van der Waals surface area contributed by atoms with Gasteiger partial charge in [0.1, 0.15) is 5.75 Å². The Morgan fingerprint density at radius 1 is 0.957 bits per heavy atom. The molecule has 0 aliphatic heterocycles. The summed E-state index contributed by atoms with van der Waals surface area (Å²) in [6, 6.07) is 16.4. The van der Waals surface area contributed by atoms with E-state index in [1.54, 1.807) is 0 Å². The van der Waals surface area contributed by atoms with Crippen molar-refractivity contribution in [2.24, 2.45) is 0 Å². The lowest BCUT2D eigenvalue weighted by Crippen LogP contribution is -2.30. The molecule has 2 rings (SSSR count). The van der Waals surface area contributed by atoms with E-state index in [1.165, 1.54) is 11.1 Å². The molecule has 1 atom stereocenters. The van der Waals surface area contributed by atoms with Crippen molar-refractivity contribution in [2.45, 2.75) is 39.8 Å². The standard InChI is InChI=1S/C19H24N2OS/c1-13(2)22-18-11-9-17(10-12-18)21-19(23)20-15(4)16-7-5-14(3)6-8-16/h5-13,15H,1-4H3,(H2,20,21,23)/t15-/m1/s1. The van der Waals surface area contributed by atoms with E-state index in [4.69, 9.17) is 17.0 Å². The molecule has 2 aromatic carbocycles. The van der Waals surface area contributed by atoms with Gasteiger partial charge in [0.05, 0.1) is 12.1 Å². The van der Waals surface area contributed by atoms with Crippen LogP contribution in [0.3, 0.4) is 0 Å². The molecule has 0 aromatic heterocycles. The topological polar surface area (TPSA) is 33.3 Å². The van der Waals surface area contributed by atoms with Crippen molar-refractivity contribution in [3.05, 3.63) is 59.7 Å². The minimum Gasteiger partial charge on any atom is -0.491 e. The summed E-state index contributed by atoms with van der Waals surface area (Å²) in [5.41, 5.74) is 3.40. The van der Waals surface area contributed by atoms with Gasteiger partial charge in [0.25, 0.3) is 0 Å². The van der Waals surface area contributed by atoms with E-state index in [0.717, 1.165) is 11.4 Å². The van der Waals surface area contributed by atoms with Crippen LogP contribution in [0.15, 0.2) is 48.5 Å². The Morgan fingerprint density at radius 2 is 1.57 bits per heavy atom. The Balaban J connectivity index is 1.90. The maximum atomic E-state index is 5.63. The van der Waals surface area contributed by atoms with E-state index < -0.39 is 0 Å². The fraction of sp³-hybridized carbons (Fsp3) is 0.316. The molecule has 0 saturated heterocycles. The third-order valence-electron chi connectivity index (χ3n) is 3.41. The molecule has 0 fully saturated rings. The summed E-state index contributed by atoms with van der Waals surface area (Å²) >= 11 is 5.39. The molecule has 0 aliphatic carbocycles. The Bertz CT molecular complexity index is 635. The van der Waals surface area contributed by atoms with Crippen LogP contribution in [-0.2, 0) is 0 Å². The minimum absolute atomic E-state index is 0.152. The van der Waals surface area contributed by atoms with Crippen LogP contribution in [0.25, 0.3) is 0 Å². The average Bonchev–Trinajstić information content (AvgIpc) is 2.49. The van der Waals surface area contributed by atoms with Gasteiger partial charge in [-0.2, -0.15) is 0 Å². The lowest BCUT2D eigenvalue weighted by atomic mass is 10.1. The molecule has 122 valence electrons. The van der Waals surface area contributed by atoms with Gasteiger partial charge in [-0.05, 0) is 69.7 Å². The molecule has 0 saturated carbocycles. The van der Waals surface area contributed by atoms with E-state index in [-0.39, 0.29) is 12.1 Å². The smallest absolute Gasteiger partial charge is 0.171 e. The SMILES string of the molecule is Cc1ccc([C@@H](C)NC(=S)Nc2ccc(OC(C)C)cc2)cc1. The summed E-state index contributed by atoms with van der Waals surface area (Å²) in [5.74, 6) is 0.859. The molecule has 0 radical (unpaired) electrons. The van der Waals surface area contributed by atoms with Crippen LogP contribution in [0.2, 0.25) is 0 Å². The predicted molar refractivity (Wildman–Crippen MR) is 101 cm³/mol. The summed E-state index contributed by atoms with van der Waals surface area (Å²) < 4.78 is 5.63. The summed E-state index contributed by atoms with van der Waals surface area (Å²) in [6.07, 6.45) is 0.173. The van der Waals surface area contributed by atoms with Crippen LogP contribution in [-0.4, -0.2) is 11.2 Å². The average molecular weight is 328 g/mol. The molecule has 2 N–H and O–H groups in total. The van der Waals surface area contributed by atoms with E-state index >= 15 is 0 Å². The number of hydrogen-bond acceptors (Lipinski definition) is 2. The number of nitrogens with one attached hydrogen (secondary N) is 2. The summed E-state index contributed by atoms with van der Waals surface area (Å²) in [5, 5.41) is 7.11. The largest absolute Gasteiger partial charge is 0.491 e. The van der Waals surface area contributed by atoms with Crippen molar-refractivity contribution >= 4 is 23.0 Å². The van der Waals surface area contributed by atoms with Gasteiger partial charge in [-0.1, -0.05) is 29.8 Å². The van der Waals surface area contributed by atoms with Crippen molar-refractivity contribution in [2.75, 3.05) is 5.32 Å². The Morgan fingerprint density at radius 3 is 2.13 bits per heavy atom. The van der Waals surface area contributed by atoms with Crippen molar-refractivity contribution < 1.29 is 4.74 Å². The minimum atomic E-state index is 0.152. The molecular formula is C19H24N2OS. The normalized spacial score (nSPS) is 11.9. The highest BCUT2D eigenvalue weighted by molar-refractivity contribution is 7.80. The number of thiocarbonyl (C=S) groups is 1. The Kier molecular flexibility index (Phi) is 5.99. The zero-order valence-corrected chi connectivity index (χ0v) is 14.9. The van der Waals surface area contributed by atoms with Gasteiger partial charge < -0.3 is 15.4 Å². The Hall–Kier alpha value is -2.07. The quantitative estimate of drug-likeness (QED) is 0.770. The Labute approximate surface area is 144 Å². The fourth-order valence-electron chi connectivity index (χ4n) is 2.19. The molecule has 0 bridgehead atoms. The van der Waals surface area contributed by atoms with Crippen molar-refractivity contribution in [1.82, 2.24) is 5.32 Å². The zero-order valence-electron chi connectivity index (χ0n) is 14.1. The van der Waals surface area contributed by atoms with Gasteiger partial charge in [-0.3, -0.25) is 0 Å². The first-order chi connectivity index (χ1) is 10.9. The molecular weight excluding hydrogens is 304 g/mol. The highest BCUT2D eigenvalue weighted by atomic mass is 32.1. The van der Waals surface area contributed by atoms with Crippen LogP contribution in [0, 0.1) is 6.92 Å². The van der Waals surface area contributed by atoms with E-state index in [1.807, 2.05) is 38.1 Å². The van der Waals surface area contributed by atoms with E-state index in [0.29, 0.717) is 5.11 Å². The molecule has 3 nitrogen and oxygen atoms in total. The highest BCUT2D eigenvalue weighted by Crippen LogP contribution is 2.18. The first-order valence-electron chi connectivity index (χ1n) is 7.85. The second kappa shape index (κ2) is 7.97. The maximum absolute atomic E-state index is 5.63. The zero-order chi connectivity index (χ0) is 16.8. The van der Waals surface area contributed by atoms with Gasteiger partial charge >= 0.3 is 0 Å². The third-order valence-corrected chi connectivity index (χ3v) is 3.63. The fourth-order valence-corrected chi connectivity index (χ4v) is 2.49. The van der Waals surface area contributed by atoms with Crippen molar-refractivity contribution in [3.63, 3.8) is 0 Å². The number of aryl methyl sites for hydroxylation is 1. The van der Waals surface area contributed by atoms with Gasteiger partial charge in [-0.15, -0.1) is 0 Å². The molecule has 2 aromatic rings. The second-order valence-electron chi connectivity index (χ2n) is 5.92. The van der Waals surface area contributed by atoms with E-state index in [2.05, 4.69) is 48.7 Å². The van der Waals surface area contributed by atoms with Gasteiger partial charge in [0.2, 0.25) is 0 Å². The molecule has 0 spiro atoms. The molecule has 0 aliphatic rings. The molecule has 0 amide bonds. The van der Waals surface area contributed by atoms with Gasteiger partial charge in [0.15, 0.2) is 5.11 Å². The molecule has 23 heavy (non-hydrogen) atoms. The summed E-state index contributed by atoms with van der Waals surface area (Å²) in [6.45, 7) is 8.20. The number of hydrogen-bond donors (Lipinski definition) is 2. The predicted octanol–water partition coefficient (Wildman–Crippen LogP) is 4.83. The van der Waals surface area contributed by atoms with Crippen LogP contribution < -0.4 is 15.4 Å². The first-order valence-corrected chi connectivity index (χ1v) is 8.25. The van der Waals surface area contributed by atoms with Crippen LogP contribution >= 0.6 is 12.2 Å². The molecule has 0 heterocycles.